The minimum absolute atomic E-state index is 0.0195. The van der Waals surface area contributed by atoms with Crippen LogP contribution in [-0.2, 0) is 16.6 Å². The lowest BCUT2D eigenvalue weighted by molar-refractivity contribution is -0.387. The molecule has 0 atom stereocenters. The lowest BCUT2D eigenvalue weighted by Gasteiger charge is -2.05. The van der Waals surface area contributed by atoms with Gasteiger partial charge in [-0.15, -0.1) is 0 Å². The van der Waals surface area contributed by atoms with Gasteiger partial charge in [0.1, 0.15) is 5.75 Å². The summed E-state index contributed by atoms with van der Waals surface area (Å²) in [5.74, 6) is 1.00. The van der Waals surface area contributed by atoms with Gasteiger partial charge in [-0.1, -0.05) is 17.3 Å². The van der Waals surface area contributed by atoms with Crippen molar-refractivity contribution in [1.82, 2.24) is 14.9 Å². The summed E-state index contributed by atoms with van der Waals surface area (Å²) >= 11 is 0. The molecule has 0 spiro atoms. The number of rotatable bonds is 8. The predicted molar refractivity (Wildman–Crippen MR) is 98.0 cm³/mol. The van der Waals surface area contributed by atoms with Crippen LogP contribution in [0.4, 0.5) is 5.69 Å². The first-order valence-electron chi connectivity index (χ1n) is 8.19. The molecule has 0 aliphatic rings. The molecule has 1 N–H and O–H groups in total. The Balaban J connectivity index is 1.73. The van der Waals surface area contributed by atoms with Crippen LogP contribution in [0.25, 0.3) is 11.4 Å². The van der Waals surface area contributed by atoms with Crippen molar-refractivity contribution in [3.63, 3.8) is 0 Å². The number of sulfonamides is 1. The van der Waals surface area contributed by atoms with Crippen molar-refractivity contribution in [3.05, 3.63) is 64.5 Å². The number of hydrogen-bond donors (Lipinski definition) is 1. The van der Waals surface area contributed by atoms with Crippen molar-refractivity contribution in [2.75, 3.05) is 6.61 Å². The molecule has 0 unspecified atom stereocenters. The third-order valence-corrected chi connectivity index (χ3v) is 5.11. The van der Waals surface area contributed by atoms with Gasteiger partial charge in [0.25, 0.3) is 5.69 Å². The lowest BCUT2D eigenvalue weighted by atomic mass is 10.2. The zero-order valence-corrected chi connectivity index (χ0v) is 15.5. The smallest absolute Gasteiger partial charge is 0.289 e. The Kier molecular flexibility index (Phi) is 5.66. The number of para-hydroxylation sites is 1. The predicted octanol–water partition coefficient (Wildman–Crippen LogP) is 2.52. The highest BCUT2D eigenvalue weighted by Crippen LogP contribution is 2.23. The largest absolute Gasteiger partial charge is 0.494 e. The molecular formula is C17H16N4O6S. The molecule has 1 aromatic heterocycles. The first kappa shape index (κ1) is 19.5. The summed E-state index contributed by atoms with van der Waals surface area (Å²) in [5.41, 5.74) is 0.149. The molecule has 1 heterocycles. The third-order valence-electron chi connectivity index (χ3n) is 3.66. The summed E-state index contributed by atoms with van der Waals surface area (Å²) in [6, 6.07) is 12.1. The summed E-state index contributed by atoms with van der Waals surface area (Å²) in [6.07, 6.45) is 0. The molecule has 0 saturated heterocycles. The standard InChI is InChI=1S/C17H16N4O6S/c1-2-26-13-9-7-12(8-10-13)17-19-16(27-20-17)11-18-28(24,25)15-6-4-3-5-14(15)21(22)23/h3-10,18H,2,11H2,1H3. The number of nitro groups is 1. The average Bonchev–Trinajstić information content (AvgIpc) is 3.16. The first-order chi connectivity index (χ1) is 13.4. The molecule has 0 radical (unpaired) electrons. The van der Waals surface area contributed by atoms with E-state index in [9.17, 15) is 18.5 Å². The molecule has 0 aliphatic heterocycles. The summed E-state index contributed by atoms with van der Waals surface area (Å²) in [4.78, 5) is 14.0. The van der Waals surface area contributed by atoms with Crippen LogP contribution in [0.2, 0.25) is 0 Å². The van der Waals surface area contributed by atoms with Gasteiger partial charge < -0.3 is 9.26 Å². The normalized spacial score (nSPS) is 11.3. The maximum absolute atomic E-state index is 12.4. The van der Waals surface area contributed by atoms with E-state index in [-0.39, 0.29) is 18.3 Å². The Morgan fingerprint density at radius 3 is 2.57 bits per heavy atom. The van der Waals surface area contributed by atoms with Crippen molar-refractivity contribution in [2.45, 2.75) is 18.4 Å². The van der Waals surface area contributed by atoms with Crippen LogP contribution in [0, 0.1) is 10.1 Å². The minimum Gasteiger partial charge on any atom is -0.494 e. The second kappa shape index (κ2) is 8.15. The van der Waals surface area contributed by atoms with Crippen LogP contribution in [0.3, 0.4) is 0 Å². The molecule has 3 aromatic rings. The van der Waals surface area contributed by atoms with Gasteiger partial charge in [-0.25, -0.2) is 13.1 Å². The number of nitrogens with zero attached hydrogens (tertiary/aromatic N) is 3. The zero-order valence-electron chi connectivity index (χ0n) is 14.7. The van der Waals surface area contributed by atoms with Crippen LogP contribution >= 0.6 is 0 Å². The molecule has 0 fully saturated rings. The fourth-order valence-corrected chi connectivity index (χ4v) is 3.53. The second-order valence-electron chi connectivity index (χ2n) is 5.52. The van der Waals surface area contributed by atoms with E-state index < -0.39 is 25.5 Å². The highest BCUT2D eigenvalue weighted by molar-refractivity contribution is 7.89. The topological polar surface area (TPSA) is 137 Å². The molecule has 11 heteroatoms. The van der Waals surface area contributed by atoms with E-state index in [1.807, 2.05) is 6.92 Å². The number of hydrogen-bond acceptors (Lipinski definition) is 8. The van der Waals surface area contributed by atoms with E-state index in [4.69, 9.17) is 9.26 Å². The number of nitrogens with one attached hydrogen (secondary N) is 1. The summed E-state index contributed by atoms with van der Waals surface area (Å²) < 4.78 is 37.4. The molecule has 28 heavy (non-hydrogen) atoms. The Morgan fingerprint density at radius 2 is 1.89 bits per heavy atom. The lowest BCUT2D eigenvalue weighted by Crippen LogP contribution is -2.24. The third kappa shape index (κ3) is 4.32. The molecule has 2 aromatic carbocycles. The van der Waals surface area contributed by atoms with E-state index >= 15 is 0 Å². The molecule has 10 nitrogen and oxygen atoms in total. The zero-order chi connectivity index (χ0) is 20.1. The van der Waals surface area contributed by atoms with Crippen LogP contribution in [0.5, 0.6) is 5.75 Å². The number of aromatic nitrogens is 2. The first-order valence-corrected chi connectivity index (χ1v) is 9.68. The Labute approximate surface area is 160 Å². The van der Waals surface area contributed by atoms with Crippen molar-refractivity contribution in [2.24, 2.45) is 0 Å². The van der Waals surface area contributed by atoms with E-state index in [0.29, 0.717) is 17.9 Å². The van der Waals surface area contributed by atoms with E-state index in [1.54, 1.807) is 24.3 Å². The quantitative estimate of drug-likeness (QED) is 0.446. The maximum atomic E-state index is 12.4. The molecule has 0 amide bonds. The SMILES string of the molecule is CCOc1ccc(-c2noc(CNS(=O)(=O)c3ccccc3[N+](=O)[O-])n2)cc1. The van der Waals surface area contributed by atoms with Gasteiger partial charge in [0.2, 0.25) is 21.7 Å². The van der Waals surface area contributed by atoms with Crippen molar-refractivity contribution < 1.29 is 22.6 Å². The Hall–Kier alpha value is -3.31. The fourth-order valence-electron chi connectivity index (χ4n) is 2.38. The van der Waals surface area contributed by atoms with Gasteiger partial charge in [-0.2, -0.15) is 4.98 Å². The summed E-state index contributed by atoms with van der Waals surface area (Å²) in [7, 11) is -4.14. The van der Waals surface area contributed by atoms with Crippen LogP contribution in [-0.4, -0.2) is 30.1 Å². The van der Waals surface area contributed by atoms with Crippen molar-refractivity contribution >= 4 is 15.7 Å². The van der Waals surface area contributed by atoms with Crippen LogP contribution < -0.4 is 9.46 Å². The van der Waals surface area contributed by atoms with Gasteiger partial charge in [-0.05, 0) is 37.3 Å². The Bertz CT molecular complexity index is 1080. The molecular weight excluding hydrogens is 388 g/mol. The molecule has 146 valence electrons. The van der Waals surface area contributed by atoms with Crippen molar-refractivity contribution in [1.29, 1.82) is 0 Å². The van der Waals surface area contributed by atoms with Crippen LogP contribution in [0.1, 0.15) is 12.8 Å². The molecule has 3 rings (SSSR count). The summed E-state index contributed by atoms with van der Waals surface area (Å²) in [5, 5.41) is 14.8. The van der Waals surface area contributed by atoms with Gasteiger partial charge >= 0.3 is 0 Å². The highest BCUT2D eigenvalue weighted by atomic mass is 32.2. The average molecular weight is 404 g/mol. The molecule has 0 aliphatic carbocycles. The number of ether oxygens (including phenoxy) is 1. The Morgan fingerprint density at radius 1 is 1.18 bits per heavy atom. The highest BCUT2D eigenvalue weighted by Gasteiger charge is 2.25. The van der Waals surface area contributed by atoms with Gasteiger partial charge in [0.05, 0.1) is 18.1 Å². The minimum atomic E-state index is -4.14. The van der Waals surface area contributed by atoms with Crippen LogP contribution in [0.15, 0.2) is 57.9 Å². The second-order valence-corrected chi connectivity index (χ2v) is 7.25. The van der Waals surface area contributed by atoms with E-state index in [0.717, 1.165) is 12.1 Å². The monoisotopic (exact) mass is 404 g/mol. The number of benzene rings is 2. The van der Waals surface area contributed by atoms with Gasteiger partial charge in [0, 0.05) is 11.6 Å². The van der Waals surface area contributed by atoms with E-state index in [1.165, 1.54) is 12.1 Å². The maximum Gasteiger partial charge on any atom is 0.289 e. The van der Waals surface area contributed by atoms with Gasteiger partial charge in [0.15, 0.2) is 4.90 Å². The number of nitro benzene ring substituents is 1. The molecule has 0 saturated carbocycles. The molecule has 0 bridgehead atoms. The van der Waals surface area contributed by atoms with E-state index in [2.05, 4.69) is 14.9 Å². The van der Waals surface area contributed by atoms with Gasteiger partial charge in [-0.3, -0.25) is 10.1 Å². The fraction of sp³-hybridized carbons (Fsp3) is 0.176. The summed E-state index contributed by atoms with van der Waals surface area (Å²) in [6.45, 7) is 2.12. The van der Waals surface area contributed by atoms with Crippen molar-refractivity contribution in [3.8, 4) is 17.1 Å².